The van der Waals surface area contributed by atoms with E-state index in [1.807, 2.05) is 36.4 Å². The highest BCUT2D eigenvalue weighted by Crippen LogP contribution is 2.16. The second-order valence-electron chi connectivity index (χ2n) is 6.84. The van der Waals surface area contributed by atoms with Crippen molar-refractivity contribution in [1.29, 1.82) is 0 Å². The third kappa shape index (κ3) is 6.62. The lowest BCUT2D eigenvalue weighted by Gasteiger charge is -2.12. The third-order valence-corrected chi connectivity index (χ3v) is 4.57. The van der Waals surface area contributed by atoms with Crippen LogP contribution in [0.25, 0.3) is 0 Å². The van der Waals surface area contributed by atoms with E-state index in [-0.39, 0.29) is 0 Å². The molecular formula is C23H30N6O. The maximum Gasteiger partial charge on any atom is 0.191 e. The Morgan fingerprint density at radius 3 is 2.67 bits per heavy atom. The molecule has 0 unspecified atom stereocenters. The van der Waals surface area contributed by atoms with Gasteiger partial charge < -0.3 is 19.9 Å². The van der Waals surface area contributed by atoms with E-state index >= 15 is 0 Å². The van der Waals surface area contributed by atoms with Crippen LogP contribution in [-0.2, 0) is 26.1 Å². The van der Waals surface area contributed by atoms with Gasteiger partial charge in [-0.2, -0.15) is 0 Å². The predicted octanol–water partition coefficient (Wildman–Crippen LogP) is 3.17. The van der Waals surface area contributed by atoms with E-state index in [1.54, 1.807) is 6.33 Å². The van der Waals surface area contributed by atoms with Crippen LogP contribution in [0.5, 0.6) is 5.75 Å². The molecule has 30 heavy (non-hydrogen) atoms. The number of aromatic nitrogens is 3. The van der Waals surface area contributed by atoms with Crippen molar-refractivity contribution in [2.24, 2.45) is 4.99 Å². The first-order valence-corrected chi connectivity index (χ1v) is 10.4. The molecule has 0 aliphatic carbocycles. The molecule has 0 spiro atoms. The number of guanidine groups is 1. The molecule has 0 radical (unpaired) electrons. The molecule has 1 aromatic heterocycles. The molecule has 0 aliphatic rings. The monoisotopic (exact) mass is 406 g/mol. The number of hydrogen-bond acceptors (Lipinski definition) is 4. The molecule has 3 rings (SSSR count). The number of aryl methyl sites for hydroxylation is 1. The molecule has 0 saturated carbocycles. The van der Waals surface area contributed by atoms with Gasteiger partial charge in [0.2, 0.25) is 0 Å². The zero-order valence-electron chi connectivity index (χ0n) is 17.7. The first kappa shape index (κ1) is 21.4. The van der Waals surface area contributed by atoms with Crippen molar-refractivity contribution in [2.75, 3.05) is 13.1 Å². The first-order valence-electron chi connectivity index (χ1n) is 10.4. The highest BCUT2D eigenvalue weighted by atomic mass is 16.5. The number of nitrogens with one attached hydrogen (secondary N) is 2. The van der Waals surface area contributed by atoms with Gasteiger partial charge in [0.05, 0.1) is 6.54 Å². The lowest BCUT2D eigenvalue weighted by molar-refractivity contribution is 0.306. The predicted molar refractivity (Wildman–Crippen MR) is 119 cm³/mol. The minimum Gasteiger partial charge on any atom is -0.489 e. The molecule has 158 valence electrons. The molecule has 3 aromatic rings. The fraction of sp³-hybridized carbons (Fsp3) is 0.348. The third-order valence-electron chi connectivity index (χ3n) is 4.57. The summed E-state index contributed by atoms with van der Waals surface area (Å²) >= 11 is 0. The Morgan fingerprint density at radius 1 is 1.03 bits per heavy atom. The van der Waals surface area contributed by atoms with Gasteiger partial charge in [-0.15, -0.1) is 10.2 Å². The first-order chi connectivity index (χ1) is 14.8. The Kier molecular flexibility index (Phi) is 8.26. The van der Waals surface area contributed by atoms with E-state index in [4.69, 9.17) is 9.73 Å². The van der Waals surface area contributed by atoms with Crippen LogP contribution in [0.1, 0.15) is 30.8 Å². The van der Waals surface area contributed by atoms with Gasteiger partial charge in [-0.05, 0) is 30.2 Å². The molecule has 0 amide bonds. The maximum absolute atomic E-state index is 5.92. The van der Waals surface area contributed by atoms with Crippen LogP contribution in [0, 0.1) is 0 Å². The van der Waals surface area contributed by atoms with Gasteiger partial charge in [-0.3, -0.25) is 0 Å². The Morgan fingerprint density at radius 2 is 1.87 bits per heavy atom. The number of ether oxygens (including phenoxy) is 1. The van der Waals surface area contributed by atoms with Gasteiger partial charge in [-0.1, -0.05) is 49.4 Å². The Labute approximate surface area is 178 Å². The molecule has 0 atom stereocenters. The van der Waals surface area contributed by atoms with Crippen LogP contribution >= 0.6 is 0 Å². The largest absolute Gasteiger partial charge is 0.489 e. The lowest BCUT2D eigenvalue weighted by atomic mass is 10.2. The quantitative estimate of drug-likeness (QED) is 0.399. The average Bonchev–Trinajstić information content (AvgIpc) is 3.24. The van der Waals surface area contributed by atoms with Crippen molar-refractivity contribution in [3.05, 3.63) is 77.9 Å². The van der Waals surface area contributed by atoms with E-state index in [1.165, 1.54) is 0 Å². The van der Waals surface area contributed by atoms with Gasteiger partial charge in [-0.25, -0.2) is 4.99 Å². The van der Waals surface area contributed by atoms with Crippen molar-refractivity contribution in [2.45, 2.75) is 40.0 Å². The maximum atomic E-state index is 5.92. The van der Waals surface area contributed by atoms with Crippen molar-refractivity contribution in [3.8, 4) is 5.75 Å². The van der Waals surface area contributed by atoms with Gasteiger partial charge in [0.15, 0.2) is 5.96 Å². The van der Waals surface area contributed by atoms with Gasteiger partial charge >= 0.3 is 0 Å². The molecule has 7 nitrogen and oxygen atoms in total. The van der Waals surface area contributed by atoms with Gasteiger partial charge in [0.25, 0.3) is 0 Å². The summed E-state index contributed by atoms with van der Waals surface area (Å²) in [7, 11) is 0. The highest BCUT2D eigenvalue weighted by molar-refractivity contribution is 5.79. The van der Waals surface area contributed by atoms with Crippen LogP contribution in [0.2, 0.25) is 0 Å². The summed E-state index contributed by atoms with van der Waals surface area (Å²) in [5.74, 6) is 2.63. The Bertz CT molecular complexity index is 922. The van der Waals surface area contributed by atoms with Crippen molar-refractivity contribution in [1.82, 2.24) is 25.4 Å². The molecule has 0 saturated heterocycles. The minimum absolute atomic E-state index is 0.556. The zero-order valence-corrected chi connectivity index (χ0v) is 17.7. The number of hydrogen-bond donors (Lipinski definition) is 2. The summed E-state index contributed by atoms with van der Waals surface area (Å²) in [4.78, 5) is 4.70. The fourth-order valence-corrected chi connectivity index (χ4v) is 3.02. The number of nitrogens with zero attached hydrogens (tertiary/aromatic N) is 4. The van der Waals surface area contributed by atoms with Crippen LogP contribution in [0.15, 0.2) is 65.9 Å². The standard InChI is InChI=1S/C23H30N6O/c1-3-22-28-27-18-29(22)14-13-25-23(24-4-2)26-16-20-11-8-12-21(15-20)30-17-19-9-6-5-7-10-19/h5-12,15,18H,3-4,13-14,16-17H2,1-2H3,(H2,24,25,26). The topological polar surface area (TPSA) is 76.4 Å². The fourth-order valence-electron chi connectivity index (χ4n) is 3.02. The molecule has 2 aromatic carbocycles. The van der Waals surface area contributed by atoms with Crippen molar-refractivity contribution >= 4 is 5.96 Å². The minimum atomic E-state index is 0.556. The van der Waals surface area contributed by atoms with Crippen molar-refractivity contribution in [3.63, 3.8) is 0 Å². The normalized spacial score (nSPS) is 11.3. The molecule has 2 N–H and O–H groups in total. The summed E-state index contributed by atoms with van der Waals surface area (Å²) in [6, 6.07) is 18.3. The number of aliphatic imine (C=N–C) groups is 1. The summed E-state index contributed by atoms with van der Waals surface area (Å²) in [5, 5.41) is 14.8. The van der Waals surface area contributed by atoms with E-state index in [0.29, 0.717) is 13.2 Å². The van der Waals surface area contributed by atoms with Crippen LogP contribution in [0.3, 0.4) is 0 Å². The van der Waals surface area contributed by atoms with Crippen LogP contribution in [-0.4, -0.2) is 33.8 Å². The smallest absolute Gasteiger partial charge is 0.191 e. The second kappa shape index (κ2) is 11.6. The van der Waals surface area contributed by atoms with Gasteiger partial charge in [0.1, 0.15) is 24.5 Å². The molecule has 0 aliphatic heterocycles. The summed E-state index contributed by atoms with van der Waals surface area (Å²) in [6.07, 6.45) is 2.64. The highest BCUT2D eigenvalue weighted by Gasteiger charge is 2.03. The average molecular weight is 407 g/mol. The SMILES string of the molecule is CCNC(=NCc1cccc(OCc2ccccc2)c1)NCCn1cnnc1CC. The summed E-state index contributed by atoms with van der Waals surface area (Å²) in [6.45, 7) is 7.62. The van der Waals surface area contributed by atoms with Crippen molar-refractivity contribution < 1.29 is 4.74 Å². The molecule has 0 fully saturated rings. The summed E-state index contributed by atoms with van der Waals surface area (Å²) in [5.41, 5.74) is 2.25. The molecular weight excluding hydrogens is 376 g/mol. The lowest BCUT2D eigenvalue weighted by Crippen LogP contribution is -2.38. The molecule has 0 bridgehead atoms. The van der Waals surface area contributed by atoms with Crippen LogP contribution in [0.4, 0.5) is 0 Å². The Balaban J connectivity index is 1.53. The number of rotatable bonds is 10. The van der Waals surface area contributed by atoms with Gasteiger partial charge in [0, 0.05) is 26.1 Å². The zero-order chi connectivity index (χ0) is 21.0. The van der Waals surface area contributed by atoms with Crippen LogP contribution < -0.4 is 15.4 Å². The molecule has 1 heterocycles. The van der Waals surface area contributed by atoms with E-state index in [2.05, 4.69) is 57.4 Å². The number of benzene rings is 2. The van der Waals surface area contributed by atoms with E-state index in [9.17, 15) is 0 Å². The Hall–Kier alpha value is -3.35. The summed E-state index contributed by atoms with van der Waals surface area (Å²) < 4.78 is 7.98. The second-order valence-corrected chi connectivity index (χ2v) is 6.84. The van der Waals surface area contributed by atoms with E-state index < -0.39 is 0 Å². The van der Waals surface area contributed by atoms with E-state index in [0.717, 1.165) is 54.7 Å². The molecule has 7 heteroatoms.